The molecule has 1 aliphatic heterocycles. The molecule has 1 atom stereocenters. The molecule has 110 valence electrons. The van der Waals surface area contributed by atoms with Gasteiger partial charge in [-0.25, -0.2) is 8.78 Å². The van der Waals surface area contributed by atoms with Crippen LogP contribution in [-0.2, 0) is 11.3 Å². The van der Waals surface area contributed by atoms with Crippen LogP contribution in [0.15, 0.2) is 36.5 Å². The Morgan fingerprint density at radius 3 is 2.81 bits per heavy atom. The number of carbonyl (C=O) groups is 1. The van der Waals surface area contributed by atoms with Gasteiger partial charge >= 0.3 is 5.97 Å². The van der Waals surface area contributed by atoms with E-state index in [1.807, 2.05) is 22.9 Å². The quantitative estimate of drug-likeness (QED) is 0.944. The van der Waals surface area contributed by atoms with Crippen molar-refractivity contribution in [3.63, 3.8) is 0 Å². The number of halogens is 2. The summed E-state index contributed by atoms with van der Waals surface area (Å²) < 4.78 is 29.2. The lowest BCUT2D eigenvalue weighted by Crippen LogP contribution is -2.41. The van der Waals surface area contributed by atoms with Crippen molar-refractivity contribution >= 4 is 5.97 Å². The minimum atomic E-state index is -0.970. The van der Waals surface area contributed by atoms with Crippen molar-refractivity contribution in [2.24, 2.45) is 0 Å². The lowest BCUT2D eigenvalue weighted by atomic mass is 9.99. The molecule has 0 amide bonds. The Morgan fingerprint density at radius 1 is 1.29 bits per heavy atom. The fourth-order valence-electron chi connectivity index (χ4n) is 2.85. The average Bonchev–Trinajstić information content (AvgIpc) is 2.87. The molecule has 2 aromatic rings. The Labute approximate surface area is 120 Å². The lowest BCUT2D eigenvalue weighted by Gasteiger charge is -2.36. The second-order valence-electron chi connectivity index (χ2n) is 5.06. The second-order valence-corrected chi connectivity index (χ2v) is 5.06. The molecule has 0 bridgehead atoms. The minimum Gasteiger partial charge on any atom is -0.480 e. The number of carboxylic acids is 1. The number of benzene rings is 1. The maximum Gasteiger partial charge on any atom is 0.317 e. The first kappa shape index (κ1) is 13.8. The van der Waals surface area contributed by atoms with Crippen molar-refractivity contribution in [3.05, 3.63) is 59.4 Å². The maximum absolute atomic E-state index is 14.1. The van der Waals surface area contributed by atoms with Gasteiger partial charge in [0.25, 0.3) is 0 Å². The van der Waals surface area contributed by atoms with Crippen LogP contribution in [0.2, 0.25) is 0 Å². The molecule has 6 heteroatoms. The van der Waals surface area contributed by atoms with E-state index in [0.717, 1.165) is 11.8 Å². The number of carboxylic acid groups (broad SMARTS) is 1. The zero-order chi connectivity index (χ0) is 15.0. The predicted molar refractivity (Wildman–Crippen MR) is 71.8 cm³/mol. The Balaban J connectivity index is 2.07. The van der Waals surface area contributed by atoms with Gasteiger partial charge in [-0.2, -0.15) is 0 Å². The van der Waals surface area contributed by atoms with Crippen LogP contribution in [0.1, 0.15) is 17.3 Å². The van der Waals surface area contributed by atoms with Gasteiger partial charge in [-0.15, -0.1) is 0 Å². The maximum atomic E-state index is 14.1. The highest BCUT2D eigenvalue weighted by molar-refractivity contribution is 5.69. The highest BCUT2D eigenvalue weighted by Gasteiger charge is 2.31. The van der Waals surface area contributed by atoms with Crippen molar-refractivity contribution in [3.8, 4) is 0 Å². The Hall–Kier alpha value is -2.21. The molecule has 1 aromatic heterocycles. The van der Waals surface area contributed by atoms with Gasteiger partial charge in [0.05, 0.1) is 12.6 Å². The molecule has 0 saturated carbocycles. The van der Waals surface area contributed by atoms with Gasteiger partial charge in [0.2, 0.25) is 0 Å². The monoisotopic (exact) mass is 292 g/mol. The number of hydrogen-bond acceptors (Lipinski definition) is 2. The molecule has 0 aliphatic carbocycles. The summed E-state index contributed by atoms with van der Waals surface area (Å²) in [5.74, 6) is -2.28. The van der Waals surface area contributed by atoms with Gasteiger partial charge in [-0.05, 0) is 18.2 Å². The third kappa shape index (κ3) is 2.54. The minimum absolute atomic E-state index is 0.188. The van der Waals surface area contributed by atoms with E-state index >= 15 is 0 Å². The van der Waals surface area contributed by atoms with Gasteiger partial charge < -0.3 is 9.67 Å². The summed E-state index contributed by atoms with van der Waals surface area (Å²) in [7, 11) is 0. The summed E-state index contributed by atoms with van der Waals surface area (Å²) in [6, 6.07) is 6.56. The van der Waals surface area contributed by atoms with Crippen molar-refractivity contribution < 1.29 is 18.7 Å². The highest BCUT2D eigenvalue weighted by atomic mass is 19.1. The third-order valence-electron chi connectivity index (χ3n) is 3.73. The Bertz CT molecular complexity index is 684. The number of hydrogen-bond donors (Lipinski definition) is 1. The fourth-order valence-corrected chi connectivity index (χ4v) is 2.85. The number of aliphatic carboxylic acids is 1. The van der Waals surface area contributed by atoms with Crippen molar-refractivity contribution in [2.75, 3.05) is 13.1 Å². The van der Waals surface area contributed by atoms with Gasteiger partial charge in [0, 0.05) is 36.6 Å². The van der Waals surface area contributed by atoms with E-state index in [9.17, 15) is 13.6 Å². The van der Waals surface area contributed by atoms with Gasteiger partial charge in [0.15, 0.2) is 0 Å². The molecule has 1 N–H and O–H groups in total. The van der Waals surface area contributed by atoms with E-state index in [2.05, 4.69) is 0 Å². The molecule has 4 nitrogen and oxygen atoms in total. The van der Waals surface area contributed by atoms with Crippen molar-refractivity contribution in [2.45, 2.75) is 12.6 Å². The number of nitrogens with zero attached hydrogens (tertiary/aromatic N) is 2. The number of fused-ring (bicyclic) bond motifs is 1. The van der Waals surface area contributed by atoms with Crippen LogP contribution in [0.5, 0.6) is 0 Å². The van der Waals surface area contributed by atoms with Crippen LogP contribution >= 0.6 is 0 Å². The fraction of sp³-hybridized carbons (Fsp3) is 0.267. The molecule has 21 heavy (non-hydrogen) atoms. The van der Waals surface area contributed by atoms with E-state index in [-0.39, 0.29) is 12.1 Å². The van der Waals surface area contributed by atoms with E-state index in [0.29, 0.717) is 13.1 Å². The van der Waals surface area contributed by atoms with Gasteiger partial charge in [0.1, 0.15) is 11.6 Å². The standard InChI is InChI=1S/C15H14F2N2O2/c16-10-3-4-11(12(17)8-10)15-13-2-1-5-18(13)6-7-19(15)9-14(20)21/h1-5,8,15H,6-7,9H2,(H,20,21). The summed E-state index contributed by atoms with van der Waals surface area (Å²) in [4.78, 5) is 12.7. The van der Waals surface area contributed by atoms with E-state index in [1.54, 1.807) is 4.90 Å². The summed E-state index contributed by atoms with van der Waals surface area (Å²) in [6.45, 7) is 0.955. The first-order valence-corrected chi connectivity index (χ1v) is 6.62. The predicted octanol–water partition coefficient (Wildman–Crippen LogP) is 2.26. The molecule has 0 radical (unpaired) electrons. The van der Waals surface area contributed by atoms with Crippen LogP contribution in [0.25, 0.3) is 0 Å². The molecule has 1 unspecified atom stereocenters. The van der Waals surface area contributed by atoms with Crippen LogP contribution in [-0.4, -0.2) is 33.6 Å². The number of rotatable bonds is 3. The van der Waals surface area contributed by atoms with Gasteiger partial charge in [-0.1, -0.05) is 6.07 Å². The van der Waals surface area contributed by atoms with Crippen molar-refractivity contribution in [1.82, 2.24) is 9.47 Å². The highest BCUT2D eigenvalue weighted by Crippen LogP contribution is 2.33. The molecule has 2 heterocycles. The van der Waals surface area contributed by atoms with Crippen molar-refractivity contribution in [1.29, 1.82) is 0 Å². The molecule has 1 aromatic carbocycles. The molecule has 0 spiro atoms. The summed E-state index contributed by atoms with van der Waals surface area (Å²) >= 11 is 0. The zero-order valence-corrected chi connectivity index (χ0v) is 11.2. The third-order valence-corrected chi connectivity index (χ3v) is 3.73. The molecule has 0 saturated heterocycles. The topological polar surface area (TPSA) is 45.5 Å². The average molecular weight is 292 g/mol. The smallest absolute Gasteiger partial charge is 0.317 e. The second kappa shape index (κ2) is 5.29. The zero-order valence-electron chi connectivity index (χ0n) is 11.2. The molecule has 1 aliphatic rings. The summed E-state index contributed by atoms with van der Waals surface area (Å²) in [5, 5.41) is 9.04. The van der Waals surface area contributed by atoms with E-state index in [4.69, 9.17) is 5.11 Å². The van der Waals surface area contributed by atoms with Crippen LogP contribution in [0, 0.1) is 11.6 Å². The van der Waals surface area contributed by atoms with Crippen LogP contribution in [0.4, 0.5) is 8.78 Å². The molecular weight excluding hydrogens is 278 g/mol. The van der Waals surface area contributed by atoms with Crippen LogP contribution in [0.3, 0.4) is 0 Å². The summed E-state index contributed by atoms with van der Waals surface area (Å²) in [6.07, 6.45) is 1.88. The largest absolute Gasteiger partial charge is 0.480 e. The molecule has 3 rings (SSSR count). The normalized spacial score (nSPS) is 18.5. The molecule has 0 fully saturated rings. The number of aromatic nitrogens is 1. The van der Waals surface area contributed by atoms with Crippen LogP contribution < -0.4 is 0 Å². The lowest BCUT2D eigenvalue weighted by molar-refractivity contribution is -0.139. The Morgan fingerprint density at radius 2 is 2.10 bits per heavy atom. The van der Waals surface area contributed by atoms with E-state index < -0.39 is 23.6 Å². The first-order chi connectivity index (χ1) is 10.1. The van der Waals surface area contributed by atoms with Gasteiger partial charge in [-0.3, -0.25) is 9.69 Å². The summed E-state index contributed by atoms with van der Waals surface area (Å²) in [5.41, 5.74) is 1.10. The molecular formula is C15H14F2N2O2. The van der Waals surface area contributed by atoms with E-state index in [1.165, 1.54) is 12.1 Å². The SMILES string of the molecule is O=C(O)CN1CCn2cccc2C1c1ccc(F)cc1F. The Kier molecular flexibility index (Phi) is 3.47. The first-order valence-electron chi connectivity index (χ1n) is 6.62.